The summed E-state index contributed by atoms with van der Waals surface area (Å²) in [5, 5.41) is 2.78. The minimum atomic E-state index is -0.275. The number of hydrogen-bond acceptors (Lipinski definition) is 3. The van der Waals surface area contributed by atoms with Crippen molar-refractivity contribution in [2.45, 2.75) is 6.42 Å². The summed E-state index contributed by atoms with van der Waals surface area (Å²) in [6.07, 6.45) is 2.25. The molecule has 1 atom stereocenters. The van der Waals surface area contributed by atoms with Crippen LogP contribution in [0.15, 0.2) is 42.1 Å². The van der Waals surface area contributed by atoms with Crippen LogP contribution in [0.1, 0.15) is 5.56 Å². The van der Waals surface area contributed by atoms with Crippen molar-refractivity contribution in [1.29, 1.82) is 0 Å². The zero-order valence-electron chi connectivity index (χ0n) is 11.2. The molecule has 1 aromatic rings. The molecule has 1 saturated heterocycles. The van der Waals surface area contributed by atoms with Crippen LogP contribution in [0.25, 0.3) is 0 Å². The molecule has 1 aliphatic heterocycles. The minimum absolute atomic E-state index is 0.0682. The van der Waals surface area contributed by atoms with Crippen LogP contribution in [0, 0.1) is 5.92 Å². The van der Waals surface area contributed by atoms with E-state index in [9.17, 15) is 9.59 Å². The topological polar surface area (TPSA) is 49.4 Å². The molecule has 0 bridgehead atoms. The molecule has 1 aromatic carbocycles. The first-order valence-electron chi connectivity index (χ1n) is 6.32. The van der Waals surface area contributed by atoms with Gasteiger partial charge in [-0.1, -0.05) is 30.3 Å². The smallest absolute Gasteiger partial charge is 0.256 e. The third kappa shape index (κ3) is 3.22. The number of Topliss-reactive ketones (excluding diaryl/α,β-unsaturated/α-hetero) is 1. The van der Waals surface area contributed by atoms with Gasteiger partial charge in [-0.25, -0.2) is 0 Å². The fourth-order valence-corrected chi connectivity index (χ4v) is 2.18. The Balaban J connectivity index is 2.15. The van der Waals surface area contributed by atoms with Crippen LogP contribution in [0.5, 0.6) is 0 Å². The molecule has 0 radical (unpaired) electrons. The molecule has 2 rings (SSSR count). The largest absolute Gasteiger partial charge is 0.383 e. The highest BCUT2D eigenvalue weighted by Gasteiger charge is 2.32. The van der Waals surface area contributed by atoms with Gasteiger partial charge in [0, 0.05) is 32.8 Å². The third-order valence-electron chi connectivity index (χ3n) is 3.10. The van der Waals surface area contributed by atoms with Gasteiger partial charge < -0.3 is 10.2 Å². The van der Waals surface area contributed by atoms with Crippen molar-refractivity contribution in [3.63, 3.8) is 0 Å². The number of amides is 1. The van der Waals surface area contributed by atoms with Crippen LogP contribution in [0.3, 0.4) is 0 Å². The lowest BCUT2D eigenvalue weighted by Crippen LogP contribution is -2.44. The van der Waals surface area contributed by atoms with Gasteiger partial charge in [-0.2, -0.15) is 0 Å². The fraction of sp³-hybridized carbons (Fsp3) is 0.333. The van der Waals surface area contributed by atoms with E-state index < -0.39 is 0 Å². The second-order valence-corrected chi connectivity index (χ2v) is 4.97. The van der Waals surface area contributed by atoms with Crippen LogP contribution in [-0.4, -0.2) is 37.2 Å². The molecule has 1 fully saturated rings. The number of nitrogens with one attached hydrogen (secondary N) is 1. The normalized spacial score (nSPS) is 21.4. The first-order valence-corrected chi connectivity index (χ1v) is 6.32. The fourth-order valence-electron chi connectivity index (χ4n) is 2.18. The predicted molar refractivity (Wildman–Crippen MR) is 73.4 cm³/mol. The predicted octanol–water partition coefficient (Wildman–Crippen LogP) is 0.990. The monoisotopic (exact) mass is 258 g/mol. The molecule has 0 aliphatic carbocycles. The zero-order valence-corrected chi connectivity index (χ0v) is 11.2. The highest BCUT2D eigenvalue weighted by atomic mass is 16.2. The van der Waals surface area contributed by atoms with E-state index in [4.69, 9.17) is 0 Å². The van der Waals surface area contributed by atoms with E-state index >= 15 is 0 Å². The summed E-state index contributed by atoms with van der Waals surface area (Å²) < 4.78 is 0. The van der Waals surface area contributed by atoms with E-state index in [2.05, 4.69) is 5.32 Å². The van der Waals surface area contributed by atoms with Crippen LogP contribution in [0.2, 0.25) is 0 Å². The average molecular weight is 258 g/mol. The summed E-state index contributed by atoms with van der Waals surface area (Å²) in [5.41, 5.74) is 1.36. The van der Waals surface area contributed by atoms with Crippen molar-refractivity contribution in [2.75, 3.05) is 20.6 Å². The molecule has 0 spiro atoms. The van der Waals surface area contributed by atoms with Crippen molar-refractivity contribution in [2.24, 2.45) is 5.92 Å². The summed E-state index contributed by atoms with van der Waals surface area (Å²) in [6, 6.07) is 9.86. The zero-order chi connectivity index (χ0) is 13.8. The van der Waals surface area contributed by atoms with Crippen molar-refractivity contribution < 1.29 is 9.59 Å². The summed E-state index contributed by atoms with van der Waals surface area (Å²) in [6.45, 7) is 0.414. The maximum Gasteiger partial charge on any atom is 0.256 e. The Labute approximate surface area is 113 Å². The van der Waals surface area contributed by atoms with E-state index in [0.29, 0.717) is 13.0 Å². The van der Waals surface area contributed by atoms with Gasteiger partial charge in [0.05, 0.1) is 5.57 Å². The van der Waals surface area contributed by atoms with Gasteiger partial charge in [0.25, 0.3) is 5.91 Å². The van der Waals surface area contributed by atoms with Gasteiger partial charge in [-0.15, -0.1) is 0 Å². The molecule has 1 N–H and O–H groups in total. The van der Waals surface area contributed by atoms with E-state index in [1.807, 2.05) is 30.3 Å². The number of piperidine rings is 1. The number of benzene rings is 1. The molecule has 0 unspecified atom stereocenters. The first-order chi connectivity index (χ1) is 9.08. The number of nitrogens with zero attached hydrogens (tertiary/aromatic N) is 1. The lowest BCUT2D eigenvalue weighted by molar-refractivity contribution is -0.127. The Morgan fingerprint density at radius 2 is 1.95 bits per heavy atom. The summed E-state index contributed by atoms with van der Waals surface area (Å²) >= 11 is 0. The Morgan fingerprint density at radius 3 is 2.58 bits per heavy atom. The number of carbonyl (C=O) groups excluding carboxylic acids is 2. The van der Waals surface area contributed by atoms with Gasteiger partial charge in [0.15, 0.2) is 5.78 Å². The summed E-state index contributed by atoms with van der Waals surface area (Å²) in [7, 11) is 3.60. The van der Waals surface area contributed by atoms with Gasteiger partial charge in [0.2, 0.25) is 0 Å². The summed E-state index contributed by atoms with van der Waals surface area (Å²) in [4.78, 5) is 25.8. The Kier molecular flexibility index (Phi) is 4.00. The highest BCUT2D eigenvalue weighted by Crippen LogP contribution is 2.17. The van der Waals surface area contributed by atoms with Crippen molar-refractivity contribution in [1.82, 2.24) is 10.2 Å². The highest BCUT2D eigenvalue weighted by molar-refractivity contribution is 6.21. The lowest BCUT2D eigenvalue weighted by Gasteiger charge is -2.24. The number of ketones is 1. The molecule has 0 saturated carbocycles. The maximum absolute atomic E-state index is 12.3. The van der Waals surface area contributed by atoms with E-state index in [0.717, 1.165) is 5.56 Å². The Hall–Kier alpha value is -2.10. The lowest BCUT2D eigenvalue weighted by atomic mass is 9.88. The molecule has 19 heavy (non-hydrogen) atoms. The van der Waals surface area contributed by atoms with Crippen molar-refractivity contribution >= 4 is 11.7 Å². The molecule has 1 amide bonds. The average Bonchev–Trinajstić information content (AvgIpc) is 2.39. The molecule has 1 aliphatic rings. The van der Waals surface area contributed by atoms with Crippen molar-refractivity contribution in [3.8, 4) is 0 Å². The van der Waals surface area contributed by atoms with E-state index in [1.54, 1.807) is 25.2 Å². The molecule has 1 heterocycles. The van der Waals surface area contributed by atoms with Crippen molar-refractivity contribution in [3.05, 3.63) is 47.7 Å². The molecule has 0 aromatic heterocycles. The van der Waals surface area contributed by atoms with Crippen LogP contribution < -0.4 is 5.32 Å². The quantitative estimate of drug-likeness (QED) is 0.650. The Bertz CT molecular complexity index is 506. The number of rotatable bonds is 3. The molecule has 4 nitrogen and oxygen atoms in total. The molecule has 100 valence electrons. The maximum atomic E-state index is 12.3. The summed E-state index contributed by atoms with van der Waals surface area (Å²) in [5.74, 6) is -0.518. The van der Waals surface area contributed by atoms with Crippen LogP contribution in [0.4, 0.5) is 0 Å². The van der Waals surface area contributed by atoms with Gasteiger partial charge in [-0.3, -0.25) is 9.59 Å². The standard InChI is InChI=1S/C15H18N2O2/c1-17(2)10-13-14(18)12(9-16-15(13)19)8-11-6-4-3-5-7-11/h3-7,10,12H,8-9H2,1-2H3,(H,16,19)/b13-10-/t12-/m1/s1. The van der Waals surface area contributed by atoms with Crippen LogP contribution in [-0.2, 0) is 16.0 Å². The number of hydrogen-bond donors (Lipinski definition) is 1. The second-order valence-electron chi connectivity index (χ2n) is 4.97. The molecular formula is C15H18N2O2. The molecular weight excluding hydrogens is 240 g/mol. The first kappa shape index (κ1) is 13.3. The van der Waals surface area contributed by atoms with E-state index in [1.165, 1.54) is 0 Å². The molecule has 4 heteroatoms. The number of carbonyl (C=O) groups is 2. The SMILES string of the molecule is CN(C)/C=C1\C(=O)NC[C@@H](Cc2ccccc2)C1=O. The van der Waals surface area contributed by atoms with Gasteiger partial charge in [-0.05, 0) is 12.0 Å². The minimum Gasteiger partial charge on any atom is -0.383 e. The third-order valence-corrected chi connectivity index (χ3v) is 3.10. The van der Waals surface area contributed by atoms with Gasteiger partial charge in [0.1, 0.15) is 0 Å². The van der Waals surface area contributed by atoms with Gasteiger partial charge >= 0.3 is 0 Å². The van der Waals surface area contributed by atoms with E-state index in [-0.39, 0.29) is 23.2 Å². The second kappa shape index (κ2) is 5.69. The Morgan fingerprint density at radius 1 is 1.26 bits per heavy atom. The van der Waals surface area contributed by atoms with Crippen LogP contribution >= 0.6 is 0 Å².